The summed E-state index contributed by atoms with van der Waals surface area (Å²) in [6.45, 7) is 1.51. The van der Waals surface area contributed by atoms with Crippen molar-refractivity contribution in [2.75, 3.05) is 12.2 Å². The Labute approximate surface area is 110 Å². The van der Waals surface area contributed by atoms with Crippen LogP contribution in [-0.4, -0.2) is 29.4 Å². The van der Waals surface area contributed by atoms with E-state index < -0.39 is 11.9 Å². The van der Waals surface area contributed by atoms with Gasteiger partial charge in [0, 0.05) is 6.08 Å². The van der Waals surface area contributed by atoms with E-state index in [0.717, 1.165) is 11.1 Å². The smallest absolute Gasteiger partial charge is 0.332 e. The second-order valence-corrected chi connectivity index (χ2v) is 3.82. The summed E-state index contributed by atoms with van der Waals surface area (Å²) in [5, 5.41) is 19.6. The first kappa shape index (κ1) is 14.7. The SMILES string of the molecule is COC(=O)/C=C(\C)N(O)c1ccccc1CC(=O)O. The van der Waals surface area contributed by atoms with E-state index in [4.69, 9.17) is 5.11 Å². The Morgan fingerprint density at radius 2 is 2.00 bits per heavy atom. The lowest BCUT2D eigenvalue weighted by molar-refractivity contribution is -0.136. The molecular weight excluding hydrogens is 250 g/mol. The van der Waals surface area contributed by atoms with Gasteiger partial charge in [0.05, 0.1) is 24.9 Å². The molecule has 0 spiro atoms. The van der Waals surface area contributed by atoms with E-state index in [-0.39, 0.29) is 12.1 Å². The predicted molar refractivity (Wildman–Crippen MR) is 67.8 cm³/mol. The van der Waals surface area contributed by atoms with Crippen LogP contribution in [0.2, 0.25) is 0 Å². The number of anilines is 1. The normalized spacial score (nSPS) is 11.0. The number of carbonyl (C=O) groups is 2. The first-order valence-electron chi connectivity index (χ1n) is 5.50. The number of esters is 1. The minimum atomic E-state index is -1.00. The molecule has 1 rings (SSSR count). The highest BCUT2D eigenvalue weighted by Crippen LogP contribution is 2.22. The summed E-state index contributed by atoms with van der Waals surface area (Å²) in [4.78, 5) is 21.8. The van der Waals surface area contributed by atoms with Crippen LogP contribution < -0.4 is 5.06 Å². The zero-order valence-corrected chi connectivity index (χ0v) is 10.7. The molecule has 1 aromatic carbocycles. The highest BCUT2D eigenvalue weighted by Gasteiger charge is 2.13. The molecule has 0 aromatic heterocycles. The van der Waals surface area contributed by atoms with Crippen LogP contribution in [0.4, 0.5) is 5.69 Å². The lowest BCUT2D eigenvalue weighted by Crippen LogP contribution is -2.19. The molecule has 0 bridgehead atoms. The third-order valence-corrected chi connectivity index (χ3v) is 2.42. The third-order valence-electron chi connectivity index (χ3n) is 2.42. The van der Waals surface area contributed by atoms with Crippen LogP contribution in [0.1, 0.15) is 12.5 Å². The summed E-state index contributed by atoms with van der Waals surface area (Å²) < 4.78 is 4.45. The number of nitrogens with zero attached hydrogens (tertiary/aromatic N) is 1. The number of carboxylic acids is 1. The van der Waals surface area contributed by atoms with Crippen LogP contribution in [-0.2, 0) is 20.7 Å². The van der Waals surface area contributed by atoms with Gasteiger partial charge in [-0.2, -0.15) is 0 Å². The first-order valence-corrected chi connectivity index (χ1v) is 5.50. The van der Waals surface area contributed by atoms with Gasteiger partial charge in [-0.05, 0) is 18.6 Å². The van der Waals surface area contributed by atoms with Crippen molar-refractivity contribution in [3.8, 4) is 0 Å². The first-order chi connectivity index (χ1) is 8.95. The molecule has 2 N–H and O–H groups in total. The van der Waals surface area contributed by atoms with E-state index in [2.05, 4.69) is 4.74 Å². The monoisotopic (exact) mass is 265 g/mol. The highest BCUT2D eigenvalue weighted by molar-refractivity contribution is 5.83. The van der Waals surface area contributed by atoms with Crippen molar-refractivity contribution in [3.05, 3.63) is 41.6 Å². The number of para-hydroxylation sites is 1. The lowest BCUT2D eigenvalue weighted by atomic mass is 10.1. The molecule has 0 aliphatic heterocycles. The number of aliphatic carboxylic acids is 1. The van der Waals surface area contributed by atoms with Gasteiger partial charge < -0.3 is 9.84 Å². The fraction of sp³-hybridized carbons (Fsp3) is 0.231. The zero-order valence-electron chi connectivity index (χ0n) is 10.7. The minimum absolute atomic E-state index is 0.223. The van der Waals surface area contributed by atoms with E-state index >= 15 is 0 Å². The quantitative estimate of drug-likeness (QED) is 0.477. The molecule has 0 saturated carbocycles. The topological polar surface area (TPSA) is 87.1 Å². The van der Waals surface area contributed by atoms with E-state index in [1.54, 1.807) is 24.3 Å². The Morgan fingerprint density at radius 3 is 2.58 bits per heavy atom. The average molecular weight is 265 g/mol. The van der Waals surface area contributed by atoms with Crippen LogP contribution in [0.5, 0.6) is 0 Å². The Kier molecular flexibility index (Phi) is 5.08. The number of methoxy groups -OCH3 is 1. The molecule has 0 saturated heterocycles. The maximum absolute atomic E-state index is 11.1. The van der Waals surface area contributed by atoms with Crippen molar-refractivity contribution in [2.45, 2.75) is 13.3 Å². The minimum Gasteiger partial charge on any atom is -0.481 e. The fourth-order valence-corrected chi connectivity index (χ4v) is 1.51. The van der Waals surface area contributed by atoms with Gasteiger partial charge in [-0.3, -0.25) is 10.0 Å². The van der Waals surface area contributed by atoms with E-state index in [0.29, 0.717) is 11.3 Å². The molecule has 0 radical (unpaired) electrons. The van der Waals surface area contributed by atoms with E-state index in [9.17, 15) is 14.8 Å². The number of hydroxylamine groups is 1. The molecule has 0 fully saturated rings. The zero-order chi connectivity index (χ0) is 14.4. The molecule has 19 heavy (non-hydrogen) atoms. The highest BCUT2D eigenvalue weighted by atomic mass is 16.5. The van der Waals surface area contributed by atoms with E-state index in [1.807, 2.05) is 0 Å². The molecule has 6 nitrogen and oxygen atoms in total. The van der Waals surface area contributed by atoms with Crippen molar-refractivity contribution in [3.63, 3.8) is 0 Å². The van der Waals surface area contributed by atoms with Gasteiger partial charge in [0.15, 0.2) is 0 Å². The van der Waals surface area contributed by atoms with Crippen LogP contribution in [0.25, 0.3) is 0 Å². The molecule has 102 valence electrons. The Balaban J connectivity index is 3.05. The van der Waals surface area contributed by atoms with Gasteiger partial charge >= 0.3 is 11.9 Å². The summed E-state index contributed by atoms with van der Waals surface area (Å²) in [6.07, 6.45) is 0.885. The molecule has 0 unspecified atom stereocenters. The van der Waals surface area contributed by atoms with Gasteiger partial charge in [0.2, 0.25) is 0 Å². The standard InChI is InChI=1S/C13H15NO5/c1-9(7-13(17)19-2)14(18)11-6-4-3-5-10(11)8-12(15)16/h3-7,18H,8H2,1-2H3,(H,15,16)/b9-7+. The summed E-state index contributed by atoms with van der Waals surface area (Å²) in [7, 11) is 1.23. The number of hydrogen-bond acceptors (Lipinski definition) is 5. The van der Waals surface area contributed by atoms with Crippen LogP contribution in [0.15, 0.2) is 36.0 Å². The number of benzene rings is 1. The molecule has 0 atom stereocenters. The molecule has 0 heterocycles. The van der Waals surface area contributed by atoms with Crippen LogP contribution in [0, 0.1) is 0 Å². The number of carboxylic acid groups (broad SMARTS) is 1. The number of allylic oxidation sites excluding steroid dienone is 1. The molecule has 0 amide bonds. The van der Waals surface area contributed by atoms with Gasteiger partial charge in [-0.15, -0.1) is 0 Å². The van der Waals surface area contributed by atoms with Gasteiger partial charge in [0.1, 0.15) is 0 Å². The Bertz CT molecular complexity index is 510. The Morgan fingerprint density at radius 1 is 1.37 bits per heavy atom. The van der Waals surface area contributed by atoms with Gasteiger partial charge in [-0.1, -0.05) is 18.2 Å². The van der Waals surface area contributed by atoms with Crippen LogP contribution in [0.3, 0.4) is 0 Å². The number of ether oxygens (including phenoxy) is 1. The molecule has 6 heteroatoms. The number of rotatable bonds is 5. The number of hydrogen-bond donors (Lipinski definition) is 2. The predicted octanol–water partition coefficient (Wildman–Crippen LogP) is 1.59. The summed E-state index contributed by atoms with van der Waals surface area (Å²) in [6, 6.07) is 6.50. The van der Waals surface area contributed by atoms with Gasteiger partial charge in [0.25, 0.3) is 0 Å². The van der Waals surface area contributed by atoms with Crippen LogP contribution >= 0.6 is 0 Å². The van der Waals surface area contributed by atoms with Crippen molar-refractivity contribution in [1.82, 2.24) is 0 Å². The molecule has 0 aliphatic rings. The number of carbonyl (C=O) groups excluding carboxylic acids is 1. The summed E-state index contributed by atoms with van der Waals surface area (Å²) in [5.41, 5.74) is 0.974. The van der Waals surface area contributed by atoms with Crippen molar-refractivity contribution >= 4 is 17.6 Å². The Hall–Kier alpha value is -2.34. The third kappa shape index (κ3) is 4.11. The average Bonchev–Trinajstić information content (AvgIpc) is 2.37. The largest absolute Gasteiger partial charge is 0.481 e. The molecule has 1 aromatic rings. The summed E-state index contributed by atoms with van der Waals surface area (Å²) in [5.74, 6) is -1.61. The second-order valence-electron chi connectivity index (χ2n) is 3.82. The molecule has 0 aliphatic carbocycles. The maximum Gasteiger partial charge on any atom is 0.332 e. The van der Waals surface area contributed by atoms with Crippen molar-refractivity contribution in [1.29, 1.82) is 0 Å². The van der Waals surface area contributed by atoms with Crippen molar-refractivity contribution in [2.24, 2.45) is 0 Å². The second kappa shape index (κ2) is 6.55. The maximum atomic E-state index is 11.1. The summed E-state index contributed by atoms with van der Waals surface area (Å²) >= 11 is 0. The van der Waals surface area contributed by atoms with Crippen molar-refractivity contribution < 1.29 is 24.6 Å². The fourth-order valence-electron chi connectivity index (χ4n) is 1.51. The van der Waals surface area contributed by atoms with Gasteiger partial charge in [-0.25, -0.2) is 9.86 Å². The lowest BCUT2D eigenvalue weighted by Gasteiger charge is -2.20. The molecular formula is C13H15NO5. The van der Waals surface area contributed by atoms with E-state index in [1.165, 1.54) is 14.0 Å².